The van der Waals surface area contributed by atoms with E-state index in [0.29, 0.717) is 58.2 Å². The number of amides is 3. The quantitative estimate of drug-likeness (QED) is 0.0486. The van der Waals surface area contributed by atoms with Crippen molar-refractivity contribution >= 4 is 41.6 Å². The van der Waals surface area contributed by atoms with Gasteiger partial charge in [-0.3, -0.25) is 34.0 Å². The summed E-state index contributed by atoms with van der Waals surface area (Å²) in [6.07, 6.45) is 8.55. The molecule has 1 radical (unpaired) electrons. The third kappa shape index (κ3) is 33.3. The Labute approximate surface area is 382 Å². The van der Waals surface area contributed by atoms with E-state index in [1.165, 1.54) is 0 Å². The van der Waals surface area contributed by atoms with Gasteiger partial charge in [0.25, 0.3) is 0 Å². The van der Waals surface area contributed by atoms with Gasteiger partial charge in [0.05, 0.1) is 17.3 Å². The molecule has 10 N–H and O–H groups in total. The number of rotatable bonds is 31. The minimum absolute atomic E-state index is 0. The topological polar surface area (TPSA) is 326 Å². The maximum Gasteiger partial charge on any atom is 0.326 e. The van der Waals surface area contributed by atoms with Gasteiger partial charge < -0.3 is 51.7 Å². The number of urea groups is 1. The summed E-state index contributed by atoms with van der Waals surface area (Å²) < 4.78 is 0. The number of aliphatic hydroxyl groups is 3. The number of Topliss-reactive ketones (excluding diaryl/α,β-unsaturated/α-hetero) is 1. The molecule has 2 aromatic heterocycles. The van der Waals surface area contributed by atoms with Crippen molar-refractivity contribution in [3.8, 4) is 0 Å². The van der Waals surface area contributed by atoms with E-state index in [1.54, 1.807) is 12.4 Å². The van der Waals surface area contributed by atoms with Crippen LogP contribution in [0.1, 0.15) is 108 Å². The van der Waals surface area contributed by atoms with Crippen LogP contribution in [-0.2, 0) is 62.0 Å². The van der Waals surface area contributed by atoms with Crippen molar-refractivity contribution < 1.29 is 89.4 Å². The zero-order chi connectivity index (χ0) is 47.1. The van der Waals surface area contributed by atoms with Crippen molar-refractivity contribution in [3.63, 3.8) is 0 Å². The number of carboxylic acid groups (broad SMARTS) is 4. The average Bonchev–Trinajstić information content (AvgIpc) is 3.26. The summed E-state index contributed by atoms with van der Waals surface area (Å²) in [5, 5.41) is 65.1. The molecule has 0 aliphatic rings. The fraction of sp³-hybridized carbons (Fsp3) is 0.595. The molecule has 357 valence electrons. The Hall–Kier alpha value is -4.92. The first-order chi connectivity index (χ1) is 29.8. The number of aromatic nitrogens is 2. The van der Waals surface area contributed by atoms with E-state index in [0.717, 1.165) is 58.5 Å². The van der Waals surface area contributed by atoms with Crippen LogP contribution in [0.2, 0.25) is 0 Å². The number of unbranched alkanes of at least 4 members (excludes halogenated alkanes) is 5. The number of carbonyl (C=O) groups excluding carboxylic acids is 3. The van der Waals surface area contributed by atoms with Gasteiger partial charge in [-0.2, -0.15) is 0 Å². The van der Waals surface area contributed by atoms with Crippen LogP contribution in [0.15, 0.2) is 48.8 Å². The van der Waals surface area contributed by atoms with E-state index in [2.05, 4.69) is 30.8 Å². The summed E-state index contributed by atoms with van der Waals surface area (Å²) in [5.74, 6) is -5.96. The summed E-state index contributed by atoms with van der Waals surface area (Å²) >= 11 is 0. The number of hydrogen-bond acceptors (Lipinski definition) is 13. The number of pyridine rings is 2. The fourth-order valence-electron chi connectivity index (χ4n) is 5.96. The van der Waals surface area contributed by atoms with Gasteiger partial charge in [0.2, 0.25) is 5.91 Å². The fourth-order valence-corrected chi connectivity index (χ4v) is 5.96. The Morgan fingerprint density at radius 3 is 1.57 bits per heavy atom. The third-order valence-electron chi connectivity index (χ3n) is 9.03. The summed E-state index contributed by atoms with van der Waals surface area (Å²) in [6.45, 7) is 2.31. The van der Waals surface area contributed by atoms with Crippen molar-refractivity contribution in [1.82, 2.24) is 30.8 Å². The van der Waals surface area contributed by atoms with Crippen molar-refractivity contribution in [3.05, 3.63) is 60.2 Å². The molecule has 0 aliphatic carbocycles. The zero-order valence-electron chi connectivity index (χ0n) is 36.5. The van der Waals surface area contributed by atoms with Gasteiger partial charge in [-0.05, 0) is 82.2 Å². The third-order valence-corrected chi connectivity index (χ3v) is 9.03. The number of aliphatic hydroxyl groups excluding tert-OH is 3. The Morgan fingerprint density at radius 1 is 0.587 bits per heavy atom. The molecule has 20 nitrogen and oxygen atoms in total. The van der Waals surface area contributed by atoms with Gasteiger partial charge in [0.1, 0.15) is 17.9 Å². The second kappa shape index (κ2) is 41.1. The number of carbonyl (C=O) groups is 7. The van der Waals surface area contributed by atoms with E-state index >= 15 is 0 Å². The molecule has 2 aromatic rings. The van der Waals surface area contributed by atoms with Crippen LogP contribution in [0.5, 0.6) is 0 Å². The molecule has 21 heteroatoms. The van der Waals surface area contributed by atoms with E-state index in [1.807, 2.05) is 36.4 Å². The number of nitrogens with zero attached hydrogens (tertiary/aromatic N) is 3. The van der Waals surface area contributed by atoms with Crippen molar-refractivity contribution in [2.24, 2.45) is 5.92 Å². The van der Waals surface area contributed by atoms with Crippen molar-refractivity contribution in [2.45, 2.75) is 121 Å². The van der Waals surface area contributed by atoms with Crippen LogP contribution in [-0.4, -0.2) is 139 Å². The predicted octanol–water partition coefficient (Wildman–Crippen LogP) is 2.83. The van der Waals surface area contributed by atoms with Gasteiger partial charge in [-0.1, -0.05) is 31.4 Å². The molecule has 0 bridgehead atoms. The molecule has 63 heavy (non-hydrogen) atoms. The van der Waals surface area contributed by atoms with Gasteiger partial charge in [0.15, 0.2) is 0 Å². The molecule has 3 atom stereocenters. The number of ketones is 1. The minimum Gasteiger partial charge on any atom is -0.481 e. The van der Waals surface area contributed by atoms with Crippen LogP contribution in [0, 0.1) is 5.92 Å². The molecule has 0 fully saturated rings. The van der Waals surface area contributed by atoms with Crippen molar-refractivity contribution in [2.75, 3.05) is 34.4 Å². The normalized spacial score (nSPS) is 11.5. The van der Waals surface area contributed by atoms with E-state index in [4.69, 9.17) is 25.5 Å². The number of aliphatic carboxylic acids is 4. The number of hydrogen-bond donors (Lipinski definition) is 10. The molecular weight excluding hydrogens is 911 g/mol. The van der Waals surface area contributed by atoms with Gasteiger partial charge in [-0.25, -0.2) is 14.4 Å². The molecule has 2 rings (SSSR count). The predicted molar refractivity (Wildman–Crippen MR) is 228 cm³/mol. The van der Waals surface area contributed by atoms with Crippen LogP contribution in [0.4, 0.5) is 4.79 Å². The summed E-state index contributed by atoms with van der Waals surface area (Å²) in [4.78, 5) is 93.4. The van der Waals surface area contributed by atoms with E-state index in [9.17, 15) is 43.8 Å². The molecule has 0 spiro atoms. The van der Waals surface area contributed by atoms with Gasteiger partial charge in [0, 0.05) is 99.1 Å². The Balaban J connectivity index is -0.00000492. The Morgan fingerprint density at radius 2 is 1.10 bits per heavy atom. The minimum atomic E-state index is -1.49. The van der Waals surface area contributed by atoms with Crippen LogP contribution in [0.25, 0.3) is 0 Å². The largest absolute Gasteiger partial charge is 0.481 e. The smallest absolute Gasteiger partial charge is 0.326 e. The average molecular weight is 980 g/mol. The second-order valence-corrected chi connectivity index (χ2v) is 13.7. The van der Waals surface area contributed by atoms with Gasteiger partial charge in [-0.15, -0.1) is 0 Å². The molecule has 0 aromatic carbocycles. The summed E-state index contributed by atoms with van der Waals surface area (Å²) in [7, 11) is 3.00. The summed E-state index contributed by atoms with van der Waals surface area (Å²) in [5.41, 5.74) is 1.88. The standard InChI is InChI=1S/C39H56N6O11.3CH4O.Tc/c46-31(25-28(36(50)51)13-8-12-24-45(26-29-14-5-9-21-40-29)27-30-15-6-10-22-41-30)16-3-1-2-4-18-34(47)42-23-11-7-17-32(37(52)53)43-39(56)44-33(38(54)55)19-20-35(48)49;3*1-2;/h5-6,9-10,14-15,21-22,28,32-33H,1-4,7-8,11-13,16-20,23-27H2,(H,42,47)(H,48,49)(H,50,51)(H,52,53)(H,54,55)(H2,43,44,56);3*2H,1H3;/i;;;;1+1. The number of nitrogens with one attached hydrogen (secondary N) is 3. The first kappa shape index (κ1) is 62.4. The Kier molecular flexibility index (Phi) is 40.7. The van der Waals surface area contributed by atoms with Crippen LogP contribution >= 0.6 is 0 Å². The van der Waals surface area contributed by atoms with E-state index in [-0.39, 0.29) is 63.9 Å². The number of carboxylic acids is 4. The van der Waals surface area contributed by atoms with Gasteiger partial charge >= 0.3 is 29.9 Å². The molecule has 0 saturated heterocycles. The first-order valence-corrected chi connectivity index (χ1v) is 20.5. The molecule has 2 heterocycles. The SMILES string of the molecule is CO.CO.CO.O=C(O)CCC(NC(=O)NC(CCCCNC(=O)CCCCCCC(=O)CC(CCCCN(Cc1ccccn1)Cc1ccccn1)C(=O)O)C(=O)O)C(=O)O.[99Tc]. The Bertz CT molecular complexity index is 1500. The van der Waals surface area contributed by atoms with Crippen LogP contribution < -0.4 is 16.0 Å². The van der Waals surface area contributed by atoms with E-state index < -0.39 is 54.3 Å². The first-order valence-electron chi connectivity index (χ1n) is 20.5. The molecule has 0 aliphatic heterocycles. The molecule has 3 amide bonds. The molecule has 0 saturated carbocycles. The van der Waals surface area contributed by atoms with Crippen LogP contribution in [0.3, 0.4) is 0 Å². The molecular formula is C42H68N6O14Tc. The summed E-state index contributed by atoms with van der Waals surface area (Å²) in [6, 6.07) is 7.71. The second-order valence-electron chi connectivity index (χ2n) is 13.7. The zero-order valence-corrected chi connectivity index (χ0v) is 38.4. The maximum absolute atomic E-state index is 12.6. The monoisotopic (exact) mass is 979 g/mol. The maximum atomic E-state index is 12.6. The van der Waals surface area contributed by atoms with Crippen molar-refractivity contribution in [1.29, 1.82) is 0 Å². The molecule has 3 unspecified atom stereocenters.